The van der Waals surface area contributed by atoms with E-state index in [4.69, 9.17) is 4.74 Å². The lowest BCUT2D eigenvalue weighted by Gasteiger charge is -2.38. The van der Waals surface area contributed by atoms with E-state index in [9.17, 15) is 18.0 Å². The Morgan fingerprint density at radius 2 is 2.00 bits per heavy atom. The van der Waals surface area contributed by atoms with Gasteiger partial charge in [-0.25, -0.2) is 0 Å². The summed E-state index contributed by atoms with van der Waals surface area (Å²) in [4.78, 5) is 11.7. The van der Waals surface area contributed by atoms with Crippen molar-refractivity contribution in [2.45, 2.75) is 57.8 Å². The summed E-state index contributed by atoms with van der Waals surface area (Å²) in [7, 11) is 0. The Labute approximate surface area is 139 Å². The molecule has 7 heteroatoms. The van der Waals surface area contributed by atoms with Gasteiger partial charge in [0.2, 0.25) is 5.91 Å². The number of amides is 1. The molecule has 4 nitrogen and oxygen atoms in total. The minimum atomic E-state index is -4.56. The number of para-hydroxylation sites is 1. The largest absolute Gasteiger partial charge is 0.493 e. The van der Waals surface area contributed by atoms with Crippen LogP contribution in [0.2, 0.25) is 0 Å². The molecule has 1 aromatic carbocycles. The summed E-state index contributed by atoms with van der Waals surface area (Å²) in [6, 6.07) is 4.17. The molecule has 134 valence electrons. The monoisotopic (exact) mass is 344 g/mol. The van der Waals surface area contributed by atoms with Crippen LogP contribution in [0.4, 0.5) is 13.2 Å². The molecule has 1 aliphatic rings. The number of nitrogens with one attached hydrogen (secondary N) is 1. The van der Waals surface area contributed by atoms with Crippen LogP contribution < -0.4 is 10.2 Å². The second kappa shape index (κ2) is 7.01. The molecule has 0 aliphatic carbocycles. The van der Waals surface area contributed by atoms with Crippen molar-refractivity contribution in [3.8, 4) is 5.75 Å². The number of ether oxygens (including phenoxy) is 1. The first-order chi connectivity index (χ1) is 11.2. The Morgan fingerprint density at radius 3 is 2.54 bits per heavy atom. The number of carbonyl (C=O) groups excluding carboxylic acids is 1. The summed E-state index contributed by atoms with van der Waals surface area (Å²) in [5.41, 5.74) is 1.42. The maximum Gasteiger partial charge on any atom is 0.410 e. The molecule has 1 unspecified atom stereocenters. The van der Waals surface area contributed by atoms with E-state index in [1.54, 1.807) is 26.0 Å². The summed E-state index contributed by atoms with van der Waals surface area (Å²) in [6.45, 7) is 5.57. The molecular formula is C17H23F3N2O2. The third-order valence-electron chi connectivity index (χ3n) is 4.03. The molecule has 1 atom stereocenters. The van der Waals surface area contributed by atoms with Crippen molar-refractivity contribution in [1.29, 1.82) is 0 Å². The number of halogens is 3. The molecule has 1 aromatic rings. The molecule has 2 rings (SSSR count). The van der Waals surface area contributed by atoms with E-state index < -0.39 is 23.7 Å². The SMILES string of the molecule is CCCCOc1ccccc1C(N1NC(=O)CC1(C)C)C(F)(F)F. The van der Waals surface area contributed by atoms with Gasteiger partial charge in [0, 0.05) is 17.5 Å². The summed E-state index contributed by atoms with van der Waals surface area (Å²) < 4.78 is 47.1. The van der Waals surface area contributed by atoms with Crippen molar-refractivity contribution < 1.29 is 22.7 Å². The van der Waals surface area contributed by atoms with Crippen molar-refractivity contribution >= 4 is 5.91 Å². The molecule has 1 heterocycles. The Morgan fingerprint density at radius 1 is 1.33 bits per heavy atom. The Balaban J connectivity index is 2.41. The Hall–Kier alpha value is -1.76. The van der Waals surface area contributed by atoms with E-state index in [-0.39, 0.29) is 17.7 Å². The molecule has 1 N–H and O–H groups in total. The normalized spacial score (nSPS) is 19.2. The van der Waals surface area contributed by atoms with Gasteiger partial charge >= 0.3 is 6.18 Å². The van der Waals surface area contributed by atoms with Crippen LogP contribution in [0.15, 0.2) is 24.3 Å². The number of unbranched alkanes of at least 4 members (excludes halogenated alkanes) is 1. The number of rotatable bonds is 6. The highest BCUT2D eigenvalue weighted by atomic mass is 19.4. The smallest absolute Gasteiger partial charge is 0.410 e. The highest BCUT2D eigenvalue weighted by Crippen LogP contribution is 2.45. The first-order valence-electron chi connectivity index (χ1n) is 8.04. The maximum atomic E-state index is 13.8. The number of hydrogen-bond donors (Lipinski definition) is 1. The molecule has 1 fully saturated rings. The highest BCUT2D eigenvalue weighted by Gasteiger charge is 2.53. The van der Waals surface area contributed by atoms with Crippen molar-refractivity contribution in [2.24, 2.45) is 0 Å². The van der Waals surface area contributed by atoms with Gasteiger partial charge in [-0.1, -0.05) is 31.5 Å². The van der Waals surface area contributed by atoms with Crippen LogP contribution in [0.3, 0.4) is 0 Å². The predicted octanol–water partition coefficient (Wildman–Crippen LogP) is 3.98. The van der Waals surface area contributed by atoms with Crippen LogP contribution in [-0.4, -0.2) is 29.2 Å². The fourth-order valence-electron chi connectivity index (χ4n) is 2.84. The molecule has 0 aromatic heterocycles. The molecule has 1 saturated heterocycles. The fraction of sp³-hybridized carbons (Fsp3) is 0.588. The van der Waals surface area contributed by atoms with E-state index in [2.05, 4.69) is 5.43 Å². The lowest BCUT2D eigenvalue weighted by Crippen LogP contribution is -2.51. The average Bonchev–Trinajstić information content (AvgIpc) is 2.72. The van der Waals surface area contributed by atoms with Crippen LogP contribution in [-0.2, 0) is 4.79 Å². The van der Waals surface area contributed by atoms with Gasteiger partial charge in [0.05, 0.1) is 6.61 Å². The number of alkyl halides is 3. The third-order valence-corrected chi connectivity index (χ3v) is 4.03. The van der Waals surface area contributed by atoms with Gasteiger partial charge in [-0.05, 0) is 26.3 Å². The van der Waals surface area contributed by atoms with Crippen LogP contribution in [0, 0.1) is 0 Å². The summed E-state index contributed by atoms with van der Waals surface area (Å²) >= 11 is 0. The third kappa shape index (κ3) is 4.01. The topological polar surface area (TPSA) is 41.6 Å². The van der Waals surface area contributed by atoms with Gasteiger partial charge in [0.25, 0.3) is 0 Å². The number of nitrogens with zero attached hydrogens (tertiary/aromatic N) is 1. The first-order valence-corrected chi connectivity index (χ1v) is 8.04. The van der Waals surface area contributed by atoms with E-state index in [1.807, 2.05) is 6.92 Å². The van der Waals surface area contributed by atoms with E-state index in [0.29, 0.717) is 6.61 Å². The van der Waals surface area contributed by atoms with Gasteiger partial charge in [-0.15, -0.1) is 0 Å². The van der Waals surface area contributed by atoms with Crippen molar-refractivity contribution in [3.05, 3.63) is 29.8 Å². The average molecular weight is 344 g/mol. The number of carbonyl (C=O) groups is 1. The van der Waals surface area contributed by atoms with E-state index in [0.717, 1.165) is 17.9 Å². The van der Waals surface area contributed by atoms with E-state index >= 15 is 0 Å². The standard InChI is InChI=1S/C17H23F3N2O2/c1-4-5-10-24-13-9-7-6-8-12(13)15(17(18,19)20)22-16(2,3)11-14(23)21-22/h6-9,15H,4-5,10-11H2,1-3H3,(H,21,23). The van der Waals surface area contributed by atoms with E-state index in [1.165, 1.54) is 12.1 Å². The Kier molecular flexibility index (Phi) is 5.42. The molecule has 0 radical (unpaired) electrons. The zero-order chi connectivity index (χ0) is 18.0. The minimum absolute atomic E-state index is 0.0105. The molecule has 0 saturated carbocycles. The van der Waals surface area contributed by atoms with Crippen molar-refractivity contribution in [1.82, 2.24) is 10.4 Å². The van der Waals surface area contributed by atoms with Crippen molar-refractivity contribution in [2.75, 3.05) is 6.61 Å². The van der Waals surface area contributed by atoms with Crippen LogP contribution >= 0.6 is 0 Å². The number of benzene rings is 1. The molecule has 0 spiro atoms. The summed E-state index contributed by atoms with van der Waals surface area (Å²) in [5, 5.41) is 0.997. The molecule has 24 heavy (non-hydrogen) atoms. The van der Waals surface area contributed by atoms with Gasteiger partial charge in [0.1, 0.15) is 5.75 Å². The minimum Gasteiger partial charge on any atom is -0.493 e. The maximum absolute atomic E-state index is 13.8. The lowest BCUT2D eigenvalue weighted by atomic mass is 9.96. The molecule has 1 aliphatic heterocycles. The fourth-order valence-corrected chi connectivity index (χ4v) is 2.84. The van der Waals surface area contributed by atoms with Gasteiger partial charge in [-0.3, -0.25) is 10.2 Å². The summed E-state index contributed by atoms with van der Waals surface area (Å²) in [5.74, 6) is -0.219. The molecule has 1 amide bonds. The highest BCUT2D eigenvalue weighted by molar-refractivity contribution is 5.79. The molecule has 0 bridgehead atoms. The van der Waals surface area contributed by atoms with Gasteiger partial charge in [0.15, 0.2) is 6.04 Å². The first kappa shape index (κ1) is 18.6. The number of hydrazine groups is 1. The predicted molar refractivity (Wildman–Crippen MR) is 84.3 cm³/mol. The Bertz CT molecular complexity index is 587. The number of hydrogen-bond acceptors (Lipinski definition) is 3. The summed E-state index contributed by atoms with van der Waals surface area (Å²) in [6.07, 6.45) is -2.89. The quantitative estimate of drug-likeness (QED) is 0.794. The van der Waals surface area contributed by atoms with Gasteiger partial charge in [-0.2, -0.15) is 18.2 Å². The molecular weight excluding hydrogens is 321 g/mol. The lowest BCUT2D eigenvalue weighted by molar-refractivity contribution is -0.204. The van der Waals surface area contributed by atoms with Crippen molar-refractivity contribution in [3.63, 3.8) is 0 Å². The second-order valence-corrected chi connectivity index (χ2v) is 6.58. The van der Waals surface area contributed by atoms with Crippen LogP contribution in [0.5, 0.6) is 5.75 Å². The van der Waals surface area contributed by atoms with Crippen LogP contribution in [0.1, 0.15) is 51.6 Å². The van der Waals surface area contributed by atoms with Gasteiger partial charge < -0.3 is 4.74 Å². The van der Waals surface area contributed by atoms with Crippen LogP contribution in [0.25, 0.3) is 0 Å². The zero-order valence-electron chi connectivity index (χ0n) is 14.1. The second-order valence-electron chi connectivity index (χ2n) is 6.58. The zero-order valence-corrected chi connectivity index (χ0v) is 14.1.